The molecule has 13 rings (SSSR count). The Kier molecular flexibility index (Phi) is 11.4. The molecule has 2 aliphatic heterocycles. The predicted molar refractivity (Wildman–Crippen MR) is 321 cm³/mol. The lowest BCUT2D eigenvalue weighted by molar-refractivity contribution is 0.0877. The molecule has 380 valence electrons. The summed E-state index contributed by atoms with van der Waals surface area (Å²) in [6.45, 7) is 16.8. The number of para-hydroxylation sites is 2. The molecule has 0 unspecified atom stereocenters. The molecule has 0 atom stereocenters. The third-order valence-electron chi connectivity index (χ3n) is 16.6. The fraction of sp³-hybridized carbons (Fsp3) is 0.167. The fourth-order valence-electron chi connectivity index (χ4n) is 12.8. The van der Waals surface area contributed by atoms with E-state index in [0.29, 0.717) is 44.4 Å². The van der Waals surface area contributed by atoms with Gasteiger partial charge in [0.15, 0.2) is 0 Å². The SMILES string of the molecule is CC(C)c1cccc(C(C)C)c1N1C(=O)c2ccc3c4c(-c5ccc(-c6ccccc6)cc5)cc5c6c(ccc(c7c(-c8ccc(-c9ccccc9)cc8)cc(c2c37)C1=O)c64)C(=O)N(c1c(C(C)C)cccc1C(C)C)C5=O. The largest absolute Gasteiger partial charge is 0.268 e. The van der Waals surface area contributed by atoms with Gasteiger partial charge in [-0.1, -0.05) is 213 Å². The van der Waals surface area contributed by atoms with Crippen molar-refractivity contribution in [1.29, 1.82) is 0 Å². The lowest BCUT2D eigenvalue weighted by Crippen LogP contribution is -2.42. The van der Waals surface area contributed by atoms with Crippen LogP contribution in [0, 0.1) is 0 Å². The van der Waals surface area contributed by atoms with Gasteiger partial charge in [0.2, 0.25) is 0 Å². The molecule has 0 fully saturated rings. The van der Waals surface area contributed by atoms with Crippen LogP contribution < -0.4 is 9.80 Å². The van der Waals surface area contributed by atoms with Crippen LogP contribution in [0.25, 0.3) is 87.6 Å². The van der Waals surface area contributed by atoms with Gasteiger partial charge < -0.3 is 0 Å². The normalized spacial score (nSPS) is 13.6. The Labute approximate surface area is 454 Å². The number of carbonyl (C=O) groups excluding carboxylic acids is 4. The Morgan fingerprint density at radius 3 is 0.872 bits per heavy atom. The maximum atomic E-state index is 15.9. The van der Waals surface area contributed by atoms with Crippen LogP contribution in [0.1, 0.15) is 143 Å². The van der Waals surface area contributed by atoms with Gasteiger partial charge in [-0.15, -0.1) is 0 Å². The molecular weight excluding hydrogens is 957 g/mol. The van der Waals surface area contributed by atoms with Gasteiger partial charge in [0.25, 0.3) is 23.6 Å². The zero-order chi connectivity index (χ0) is 54.0. The highest BCUT2D eigenvalue weighted by Gasteiger charge is 2.42. The van der Waals surface area contributed by atoms with E-state index < -0.39 is 0 Å². The predicted octanol–water partition coefficient (Wildman–Crippen LogP) is 18.5. The molecule has 78 heavy (non-hydrogen) atoms. The minimum absolute atomic E-state index is 0.0293. The van der Waals surface area contributed by atoms with E-state index in [1.54, 1.807) is 0 Å². The van der Waals surface area contributed by atoms with Crippen LogP contribution >= 0.6 is 0 Å². The highest BCUT2D eigenvalue weighted by molar-refractivity contribution is 6.48. The van der Waals surface area contributed by atoms with Crippen molar-refractivity contribution in [3.05, 3.63) is 226 Å². The fourth-order valence-corrected chi connectivity index (χ4v) is 12.8. The number of benzene rings is 11. The summed E-state index contributed by atoms with van der Waals surface area (Å²) < 4.78 is 0. The molecule has 2 heterocycles. The van der Waals surface area contributed by atoms with Crippen molar-refractivity contribution >= 4 is 78.1 Å². The van der Waals surface area contributed by atoms with Gasteiger partial charge in [-0.3, -0.25) is 19.2 Å². The number of hydrogen-bond acceptors (Lipinski definition) is 4. The highest BCUT2D eigenvalue weighted by Crippen LogP contribution is 2.54. The van der Waals surface area contributed by atoms with E-state index in [0.717, 1.165) is 99.1 Å². The van der Waals surface area contributed by atoms with Crippen molar-refractivity contribution in [3.8, 4) is 44.5 Å². The third-order valence-corrected chi connectivity index (χ3v) is 16.6. The van der Waals surface area contributed by atoms with E-state index in [1.807, 2.05) is 109 Å². The van der Waals surface area contributed by atoms with Gasteiger partial charge in [0.1, 0.15) is 0 Å². The molecular formula is C72H58N2O4. The molecule has 2 aliphatic rings. The Morgan fingerprint density at radius 2 is 0.551 bits per heavy atom. The monoisotopic (exact) mass is 1010 g/mol. The van der Waals surface area contributed by atoms with Gasteiger partial charge in [0, 0.05) is 33.0 Å². The standard InChI is InChI=1S/C72H58N2O4/c1-39(2)49-21-15-22-50(40(3)4)67(49)73-69(75)55-35-33-53-62-58(48-31-27-46(28-32-48)44-19-13-10-14-20-44)38-60-64-56(70(76)74(72(60)78)68-51(41(5)6)23-16-24-52(68)42(7)8)36-34-54(66(62)64)61-57(37-59(71(73)77)63(55)65(53)61)47-29-25-45(26-30-47)43-17-11-9-12-18-43/h9-42H,1-8H3. The van der Waals surface area contributed by atoms with Crippen molar-refractivity contribution in [1.82, 2.24) is 0 Å². The highest BCUT2D eigenvalue weighted by atomic mass is 16.2. The molecule has 0 saturated carbocycles. The van der Waals surface area contributed by atoms with E-state index in [2.05, 4.69) is 128 Å². The van der Waals surface area contributed by atoms with Crippen LogP contribution in [0.5, 0.6) is 0 Å². The average Bonchev–Trinajstić information content (AvgIpc) is 3.12. The van der Waals surface area contributed by atoms with E-state index in [-0.39, 0.29) is 47.3 Å². The molecule has 11 aromatic carbocycles. The summed E-state index contributed by atoms with van der Waals surface area (Å²) in [4.78, 5) is 65.9. The molecule has 6 heteroatoms. The number of amides is 4. The van der Waals surface area contributed by atoms with E-state index in [1.165, 1.54) is 9.80 Å². The van der Waals surface area contributed by atoms with E-state index >= 15 is 19.2 Å². The first-order chi connectivity index (χ1) is 37.7. The average molecular weight is 1020 g/mol. The maximum Gasteiger partial charge on any atom is 0.266 e. The minimum atomic E-state index is -0.375. The second kappa shape index (κ2) is 18.3. The first-order valence-corrected chi connectivity index (χ1v) is 27.4. The molecule has 4 amide bonds. The van der Waals surface area contributed by atoms with Crippen LogP contribution in [0.15, 0.2) is 182 Å². The number of anilines is 2. The molecule has 0 bridgehead atoms. The molecule has 0 aliphatic carbocycles. The number of imide groups is 2. The van der Waals surface area contributed by atoms with Crippen molar-refractivity contribution in [2.24, 2.45) is 0 Å². The van der Waals surface area contributed by atoms with Crippen LogP contribution in [0.3, 0.4) is 0 Å². The van der Waals surface area contributed by atoms with Crippen molar-refractivity contribution in [2.45, 2.75) is 79.1 Å². The quantitative estimate of drug-likeness (QED) is 0.0777. The van der Waals surface area contributed by atoms with Crippen molar-refractivity contribution in [2.75, 3.05) is 9.80 Å². The zero-order valence-electron chi connectivity index (χ0n) is 45.2. The van der Waals surface area contributed by atoms with Crippen LogP contribution in [0.4, 0.5) is 11.4 Å². The summed E-state index contributed by atoms with van der Waals surface area (Å²) in [7, 11) is 0. The number of nitrogens with zero attached hydrogens (tertiary/aromatic N) is 2. The molecule has 0 spiro atoms. The molecule has 0 saturated heterocycles. The smallest absolute Gasteiger partial charge is 0.266 e. The van der Waals surface area contributed by atoms with E-state index in [9.17, 15) is 0 Å². The Balaban J connectivity index is 1.16. The summed E-state index contributed by atoms with van der Waals surface area (Å²) in [6.07, 6.45) is 0. The number of rotatable bonds is 10. The number of hydrogen-bond donors (Lipinski definition) is 0. The van der Waals surface area contributed by atoms with E-state index in [4.69, 9.17) is 0 Å². The molecule has 0 N–H and O–H groups in total. The summed E-state index contributed by atoms with van der Waals surface area (Å²) in [6, 6.07) is 61.5. The zero-order valence-corrected chi connectivity index (χ0v) is 45.2. The molecule has 6 nitrogen and oxygen atoms in total. The second-order valence-electron chi connectivity index (χ2n) is 22.5. The lowest BCUT2D eigenvalue weighted by atomic mass is 9.77. The van der Waals surface area contributed by atoms with Crippen LogP contribution in [-0.4, -0.2) is 23.6 Å². The van der Waals surface area contributed by atoms with Crippen molar-refractivity contribution in [3.63, 3.8) is 0 Å². The lowest BCUT2D eigenvalue weighted by Gasteiger charge is -2.34. The first kappa shape index (κ1) is 48.6. The third kappa shape index (κ3) is 7.22. The Hall–Kier alpha value is -9.00. The van der Waals surface area contributed by atoms with Crippen LogP contribution in [-0.2, 0) is 0 Å². The number of carbonyl (C=O) groups is 4. The van der Waals surface area contributed by atoms with Gasteiger partial charge >= 0.3 is 0 Å². The van der Waals surface area contributed by atoms with Gasteiger partial charge in [-0.2, -0.15) is 0 Å². The van der Waals surface area contributed by atoms with Gasteiger partial charge in [-0.05, 0) is 147 Å². The maximum absolute atomic E-state index is 15.9. The number of fused-ring (bicyclic) bond motifs is 2. The molecule has 0 radical (unpaired) electrons. The summed E-state index contributed by atoms with van der Waals surface area (Å²) >= 11 is 0. The second-order valence-corrected chi connectivity index (χ2v) is 22.5. The topological polar surface area (TPSA) is 74.8 Å². The summed E-state index contributed by atoms with van der Waals surface area (Å²) in [5.74, 6) is -1.37. The Morgan fingerprint density at radius 1 is 0.256 bits per heavy atom. The van der Waals surface area contributed by atoms with Crippen molar-refractivity contribution < 1.29 is 19.2 Å². The molecule has 11 aromatic rings. The molecule has 0 aromatic heterocycles. The Bertz CT molecular complexity index is 3990. The first-order valence-electron chi connectivity index (χ1n) is 27.4. The van der Waals surface area contributed by atoms with Gasteiger partial charge in [-0.25, -0.2) is 9.80 Å². The summed E-state index contributed by atoms with van der Waals surface area (Å²) in [5.41, 5.74) is 14.4. The minimum Gasteiger partial charge on any atom is -0.268 e. The van der Waals surface area contributed by atoms with Crippen LogP contribution in [0.2, 0.25) is 0 Å². The summed E-state index contributed by atoms with van der Waals surface area (Å²) in [5, 5.41) is 6.09. The van der Waals surface area contributed by atoms with Gasteiger partial charge in [0.05, 0.1) is 11.4 Å².